The Bertz CT molecular complexity index is 119. The molecule has 0 saturated carbocycles. The summed E-state index contributed by atoms with van der Waals surface area (Å²) in [6, 6.07) is 0. The Hall–Kier alpha value is -0.430. The van der Waals surface area contributed by atoms with Crippen LogP contribution in [0.2, 0.25) is 0 Å². The summed E-state index contributed by atoms with van der Waals surface area (Å²) in [5, 5.41) is 0. The smallest absolute Gasteiger partial charge is 0.0126 e. The molecule has 0 aromatic heterocycles. The van der Waals surface area contributed by atoms with Gasteiger partial charge in [0.25, 0.3) is 0 Å². The van der Waals surface area contributed by atoms with Crippen LogP contribution in [0.3, 0.4) is 0 Å². The van der Waals surface area contributed by atoms with Crippen molar-refractivity contribution in [1.29, 1.82) is 0 Å². The van der Waals surface area contributed by atoms with E-state index in [2.05, 4.69) is 65.6 Å². The zero-order chi connectivity index (χ0) is 13.3. The van der Waals surface area contributed by atoms with Gasteiger partial charge in [-0.25, -0.2) is 0 Å². The molecule has 0 aromatic carbocycles. The molecule has 0 rings (SSSR count). The quantitative estimate of drug-likeness (QED) is 0.334. The van der Waals surface area contributed by atoms with E-state index in [1.807, 2.05) is 20.8 Å². The van der Waals surface area contributed by atoms with E-state index in [1.165, 1.54) is 11.1 Å². The van der Waals surface area contributed by atoms with Crippen molar-refractivity contribution >= 4 is 12.6 Å². The summed E-state index contributed by atoms with van der Waals surface area (Å²) in [6.07, 6.45) is 4.24. The monoisotopic (exact) mass is 230 g/mol. The fraction of sp³-hybridized carbons (Fsp3) is 0.571. The average Bonchev–Trinajstić information content (AvgIpc) is 2.22. The molecular weight excluding hydrogens is 200 g/mol. The number of rotatable bonds is 1. The van der Waals surface area contributed by atoms with Crippen LogP contribution in [0.1, 0.15) is 48.5 Å². The molecule has 0 unspecified atom stereocenters. The molecule has 0 amide bonds. The predicted molar refractivity (Wildman–Crippen MR) is 81.0 cm³/mol. The molecule has 92 valence electrons. The zero-order valence-corrected chi connectivity index (χ0v) is 12.6. The lowest BCUT2D eigenvalue weighted by atomic mass is 10.2. The third kappa shape index (κ3) is 87.0. The molecule has 0 atom stereocenters. The number of thiol groups is 1. The van der Waals surface area contributed by atoms with Crippen molar-refractivity contribution in [1.82, 2.24) is 0 Å². The molecule has 0 aliphatic rings. The SMILES string of the molecule is C=C.CC.CC(C)=CC=C(C)C.CCS. The minimum absolute atomic E-state index is 0.944. The topological polar surface area (TPSA) is 0 Å². The maximum atomic E-state index is 3.79. The van der Waals surface area contributed by atoms with Gasteiger partial charge in [0.05, 0.1) is 0 Å². The van der Waals surface area contributed by atoms with Crippen LogP contribution in [0.25, 0.3) is 0 Å². The molecule has 0 N–H and O–H groups in total. The Morgan fingerprint density at radius 3 is 1.13 bits per heavy atom. The van der Waals surface area contributed by atoms with E-state index in [4.69, 9.17) is 0 Å². The maximum absolute atomic E-state index is 3.79. The largest absolute Gasteiger partial charge is 0.180 e. The Morgan fingerprint density at radius 1 is 0.933 bits per heavy atom. The molecule has 0 aliphatic carbocycles. The highest BCUT2D eigenvalue weighted by Crippen LogP contribution is 1.93. The van der Waals surface area contributed by atoms with Crippen molar-refractivity contribution in [3.8, 4) is 0 Å². The second-order valence-corrected chi connectivity index (χ2v) is 3.44. The van der Waals surface area contributed by atoms with Gasteiger partial charge >= 0.3 is 0 Å². The van der Waals surface area contributed by atoms with Crippen LogP contribution < -0.4 is 0 Å². The fourth-order valence-electron chi connectivity index (χ4n) is 0.333. The normalized spacial score (nSPS) is 6.13. The second-order valence-electron chi connectivity index (χ2n) is 2.80. The lowest BCUT2D eigenvalue weighted by Crippen LogP contribution is -1.62. The van der Waals surface area contributed by atoms with Gasteiger partial charge in [-0.15, -0.1) is 13.2 Å². The van der Waals surface area contributed by atoms with Crippen LogP contribution in [0, 0.1) is 0 Å². The van der Waals surface area contributed by atoms with Gasteiger partial charge < -0.3 is 0 Å². The Morgan fingerprint density at radius 2 is 1.07 bits per heavy atom. The van der Waals surface area contributed by atoms with Gasteiger partial charge in [0.2, 0.25) is 0 Å². The fourth-order valence-corrected chi connectivity index (χ4v) is 0.333. The summed E-state index contributed by atoms with van der Waals surface area (Å²) < 4.78 is 0. The van der Waals surface area contributed by atoms with Crippen molar-refractivity contribution in [2.24, 2.45) is 0 Å². The summed E-state index contributed by atoms with van der Waals surface area (Å²) in [5.74, 6) is 0.944. The summed E-state index contributed by atoms with van der Waals surface area (Å²) in [4.78, 5) is 0. The lowest BCUT2D eigenvalue weighted by molar-refractivity contribution is 1.35. The summed E-state index contributed by atoms with van der Waals surface area (Å²) in [6.45, 7) is 20.4. The van der Waals surface area contributed by atoms with Crippen LogP contribution >= 0.6 is 12.6 Å². The first-order chi connectivity index (χ1) is 7.04. The van der Waals surface area contributed by atoms with Gasteiger partial charge in [-0.2, -0.15) is 12.6 Å². The van der Waals surface area contributed by atoms with Crippen molar-refractivity contribution in [3.63, 3.8) is 0 Å². The van der Waals surface area contributed by atoms with Gasteiger partial charge in [0, 0.05) is 0 Å². The lowest BCUT2D eigenvalue weighted by Gasteiger charge is -1.84. The minimum atomic E-state index is 0.944. The van der Waals surface area contributed by atoms with E-state index in [-0.39, 0.29) is 0 Å². The summed E-state index contributed by atoms with van der Waals surface area (Å²) >= 11 is 3.79. The Balaban J connectivity index is -0.0000000726. The molecular formula is C14H30S. The third-order valence-electron chi connectivity index (χ3n) is 0.750. The Labute approximate surface area is 104 Å². The van der Waals surface area contributed by atoms with E-state index in [0.717, 1.165) is 5.75 Å². The number of hydrogen-bond donors (Lipinski definition) is 1. The number of hydrogen-bond acceptors (Lipinski definition) is 1. The molecule has 0 heterocycles. The van der Waals surface area contributed by atoms with Crippen LogP contribution in [0.15, 0.2) is 36.5 Å². The molecule has 0 nitrogen and oxygen atoms in total. The van der Waals surface area contributed by atoms with E-state index in [9.17, 15) is 0 Å². The van der Waals surface area contributed by atoms with Gasteiger partial charge in [0.1, 0.15) is 0 Å². The van der Waals surface area contributed by atoms with E-state index >= 15 is 0 Å². The van der Waals surface area contributed by atoms with Crippen LogP contribution in [0.5, 0.6) is 0 Å². The van der Waals surface area contributed by atoms with Crippen molar-refractivity contribution in [2.75, 3.05) is 5.75 Å². The van der Waals surface area contributed by atoms with Gasteiger partial charge in [-0.05, 0) is 33.4 Å². The molecule has 0 saturated heterocycles. The molecule has 0 aromatic rings. The second kappa shape index (κ2) is 29.2. The predicted octanol–water partition coefficient (Wildman–Crippen LogP) is 5.68. The summed E-state index contributed by atoms with van der Waals surface area (Å²) in [7, 11) is 0. The van der Waals surface area contributed by atoms with Crippen LogP contribution in [0.4, 0.5) is 0 Å². The first-order valence-electron chi connectivity index (χ1n) is 5.43. The Kier molecular flexibility index (Phi) is 46.7. The maximum Gasteiger partial charge on any atom is -0.0126 e. The number of allylic oxidation sites excluding steroid dienone is 4. The van der Waals surface area contributed by atoms with Crippen LogP contribution in [-0.2, 0) is 0 Å². The average molecular weight is 230 g/mol. The minimum Gasteiger partial charge on any atom is -0.180 e. The first-order valence-corrected chi connectivity index (χ1v) is 6.07. The summed E-state index contributed by atoms with van der Waals surface area (Å²) in [5.41, 5.74) is 2.71. The van der Waals surface area contributed by atoms with E-state index in [0.29, 0.717) is 0 Å². The highest BCUT2D eigenvalue weighted by Gasteiger charge is 1.71. The highest BCUT2D eigenvalue weighted by molar-refractivity contribution is 7.80. The highest BCUT2D eigenvalue weighted by atomic mass is 32.1. The van der Waals surface area contributed by atoms with Crippen molar-refractivity contribution < 1.29 is 0 Å². The van der Waals surface area contributed by atoms with Gasteiger partial charge in [0.15, 0.2) is 0 Å². The molecule has 15 heavy (non-hydrogen) atoms. The molecule has 0 fully saturated rings. The molecule has 0 bridgehead atoms. The van der Waals surface area contributed by atoms with E-state index < -0.39 is 0 Å². The standard InChI is InChI=1S/C8H14.C2H6S.C2H6.C2H4/c1-7(2)5-6-8(3)4;1-2-3;2*1-2/h5-6H,1-4H3;3H,2H2,1H3;1-2H3;1-2H2. The van der Waals surface area contributed by atoms with E-state index in [1.54, 1.807) is 0 Å². The third-order valence-corrected chi connectivity index (χ3v) is 0.750. The zero-order valence-electron chi connectivity index (χ0n) is 11.7. The molecule has 0 aliphatic heterocycles. The van der Waals surface area contributed by atoms with Crippen molar-refractivity contribution in [2.45, 2.75) is 48.5 Å². The molecule has 0 radical (unpaired) electrons. The molecule has 0 spiro atoms. The van der Waals surface area contributed by atoms with Crippen molar-refractivity contribution in [3.05, 3.63) is 36.5 Å². The van der Waals surface area contributed by atoms with Crippen LogP contribution in [-0.4, -0.2) is 5.75 Å². The van der Waals surface area contributed by atoms with Gasteiger partial charge in [-0.1, -0.05) is 44.1 Å². The first kappa shape index (κ1) is 24.0. The van der Waals surface area contributed by atoms with Gasteiger partial charge in [-0.3, -0.25) is 0 Å². The molecule has 1 heteroatoms.